The zero-order chi connectivity index (χ0) is 20.3. The van der Waals surface area contributed by atoms with Gasteiger partial charge in [0.1, 0.15) is 11.5 Å². The molecule has 0 spiro atoms. The van der Waals surface area contributed by atoms with Crippen molar-refractivity contribution in [2.45, 2.75) is 58.0 Å². The minimum absolute atomic E-state index is 0.328. The second-order valence-electron chi connectivity index (χ2n) is 9.11. The van der Waals surface area contributed by atoms with Crippen LogP contribution in [0, 0.1) is 16.7 Å². The van der Waals surface area contributed by atoms with Crippen molar-refractivity contribution in [1.29, 1.82) is 5.26 Å². The maximum Gasteiger partial charge on any atom is 0.184 e. The number of hydrogen-bond acceptors (Lipinski definition) is 3. The van der Waals surface area contributed by atoms with Crippen LogP contribution < -0.4 is 0 Å². The average molecular weight is 382 g/mol. The van der Waals surface area contributed by atoms with Crippen LogP contribution in [-0.4, -0.2) is 25.6 Å². The van der Waals surface area contributed by atoms with Crippen molar-refractivity contribution in [3.8, 4) is 6.07 Å². The van der Waals surface area contributed by atoms with Crippen LogP contribution >= 0.6 is 0 Å². The van der Waals surface area contributed by atoms with Crippen molar-refractivity contribution in [2.75, 3.05) is 0 Å². The van der Waals surface area contributed by atoms with Gasteiger partial charge in [-0.15, -0.1) is 0 Å². The lowest BCUT2D eigenvalue weighted by molar-refractivity contribution is -0.0515. The molecule has 4 heteroatoms. The van der Waals surface area contributed by atoms with Gasteiger partial charge in [-0.1, -0.05) is 81.4 Å². The number of benzene rings is 2. The fourth-order valence-electron chi connectivity index (χ4n) is 3.43. The van der Waals surface area contributed by atoms with Crippen LogP contribution in [0.15, 0.2) is 60.7 Å². The molecule has 2 rings (SSSR count). The SMILES string of the molecule is CC(C)(C)[C@H](O[Si](C)(C)C)[C@@H](O)C(C#N)(c1ccccc1)c1ccccc1. The summed E-state index contributed by atoms with van der Waals surface area (Å²) in [6.45, 7) is 12.5. The normalized spacial score (nSPS) is 15.0. The van der Waals surface area contributed by atoms with Crippen LogP contribution in [0.3, 0.4) is 0 Å². The molecule has 0 saturated carbocycles. The van der Waals surface area contributed by atoms with Crippen LogP contribution in [0.5, 0.6) is 0 Å². The topological polar surface area (TPSA) is 53.2 Å². The highest BCUT2D eigenvalue weighted by Gasteiger charge is 2.50. The highest BCUT2D eigenvalue weighted by atomic mass is 28.4. The van der Waals surface area contributed by atoms with E-state index in [2.05, 4.69) is 46.5 Å². The van der Waals surface area contributed by atoms with Gasteiger partial charge in [-0.25, -0.2) is 0 Å². The van der Waals surface area contributed by atoms with E-state index >= 15 is 0 Å². The smallest absolute Gasteiger partial charge is 0.184 e. The average Bonchev–Trinajstić information content (AvgIpc) is 2.61. The van der Waals surface area contributed by atoms with E-state index in [4.69, 9.17) is 4.43 Å². The molecule has 0 aliphatic rings. The number of nitriles is 1. The summed E-state index contributed by atoms with van der Waals surface area (Å²) < 4.78 is 6.45. The van der Waals surface area contributed by atoms with E-state index in [1.807, 2.05) is 60.7 Å². The van der Waals surface area contributed by atoms with Gasteiger partial charge in [0.15, 0.2) is 8.32 Å². The fraction of sp³-hybridized carbons (Fsp3) is 0.435. The van der Waals surface area contributed by atoms with E-state index in [0.29, 0.717) is 0 Å². The van der Waals surface area contributed by atoms with Gasteiger partial charge in [-0.05, 0) is 36.2 Å². The Morgan fingerprint density at radius 1 is 0.889 bits per heavy atom. The lowest BCUT2D eigenvalue weighted by Gasteiger charge is -2.44. The van der Waals surface area contributed by atoms with Crippen LogP contribution in [0.25, 0.3) is 0 Å². The van der Waals surface area contributed by atoms with Crippen LogP contribution in [0.1, 0.15) is 31.9 Å². The van der Waals surface area contributed by atoms with Gasteiger partial charge in [-0.3, -0.25) is 0 Å². The Balaban J connectivity index is 2.71. The molecule has 2 aromatic carbocycles. The minimum atomic E-state index is -1.96. The van der Waals surface area contributed by atoms with Crippen LogP contribution in [0.2, 0.25) is 19.6 Å². The summed E-state index contributed by atoms with van der Waals surface area (Å²) in [6.07, 6.45) is -1.50. The maximum absolute atomic E-state index is 11.7. The molecule has 3 nitrogen and oxygen atoms in total. The molecule has 0 fully saturated rings. The Hall–Kier alpha value is -1.93. The summed E-state index contributed by atoms with van der Waals surface area (Å²) in [7, 11) is -1.96. The molecule has 0 unspecified atom stereocenters. The Labute approximate surface area is 164 Å². The monoisotopic (exact) mass is 381 g/mol. The fourth-order valence-corrected chi connectivity index (χ4v) is 4.67. The first kappa shape index (κ1) is 21.4. The Morgan fingerprint density at radius 3 is 1.59 bits per heavy atom. The number of nitrogens with zero attached hydrogens (tertiary/aromatic N) is 1. The van der Waals surface area contributed by atoms with Crippen molar-refractivity contribution < 1.29 is 9.53 Å². The first-order valence-electron chi connectivity index (χ1n) is 9.40. The van der Waals surface area contributed by atoms with Crippen molar-refractivity contribution in [3.63, 3.8) is 0 Å². The van der Waals surface area contributed by atoms with Gasteiger partial charge in [0.05, 0.1) is 12.2 Å². The Morgan fingerprint density at radius 2 is 1.30 bits per heavy atom. The van der Waals surface area contributed by atoms with Gasteiger partial charge >= 0.3 is 0 Å². The second-order valence-corrected chi connectivity index (χ2v) is 13.6. The molecular weight excluding hydrogens is 350 g/mol. The number of hydrogen-bond donors (Lipinski definition) is 1. The zero-order valence-corrected chi connectivity index (χ0v) is 18.2. The third kappa shape index (κ3) is 4.68. The van der Waals surface area contributed by atoms with Crippen molar-refractivity contribution >= 4 is 8.32 Å². The lowest BCUT2D eigenvalue weighted by Crippen LogP contribution is -2.55. The van der Waals surface area contributed by atoms with E-state index in [0.717, 1.165) is 11.1 Å². The molecule has 144 valence electrons. The van der Waals surface area contributed by atoms with Crippen molar-refractivity contribution in [1.82, 2.24) is 0 Å². The summed E-state index contributed by atoms with van der Waals surface area (Å²) in [5, 5.41) is 22.1. The molecule has 0 aromatic heterocycles. The van der Waals surface area contributed by atoms with Crippen LogP contribution in [-0.2, 0) is 9.84 Å². The molecule has 2 atom stereocenters. The maximum atomic E-state index is 11.7. The van der Waals surface area contributed by atoms with E-state index < -0.39 is 25.9 Å². The van der Waals surface area contributed by atoms with Gasteiger partial charge in [0.2, 0.25) is 0 Å². The van der Waals surface area contributed by atoms with Crippen molar-refractivity contribution in [2.24, 2.45) is 5.41 Å². The molecule has 1 N–H and O–H groups in total. The molecule has 0 bridgehead atoms. The summed E-state index contributed by atoms with van der Waals surface area (Å²) in [6, 6.07) is 21.6. The third-order valence-corrected chi connectivity index (χ3v) is 5.66. The van der Waals surface area contributed by atoms with Gasteiger partial charge in [0, 0.05) is 0 Å². The van der Waals surface area contributed by atoms with E-state index in [1.165, 1.54) is 0 Å². The van der Waals surface area contributed by atoms with Crippen LogP contribution in [0.4, 0.5) is 0 Å². The van der Waals surface area contributed by atoms with Gasteiger partial charge < -0.3 is 9.53 Å². The summed E-state index contributed by atoms with van der Waals surface area (Å²) >= 11 is 0. The molecule has 27 heavy (non-hydrogen) atoms. The number of aliphatic hydroxyl groups is 1. The Kier molecular flexibility index (Phi) is 6.31. The molecular formula is C23H31NO2Si. The Bertz CT molecular complexity index is 731. The molecule has 0 aliphatic heterocycles. The quantitative estimate of drug-likeness (QED) is 0.706. The molecule has 0 radical (unpaired) electrons. The summed E-state index contributed by atoms with van der Waals surface area (Å²) in [5.74, 6) is 0. The van der Waals surface area contributed by atoms with Gasteiger partial charge in [-0.2, -0.15) is 5.26 Å². The first-order valence-corrected chi connectivity index (χ1v) is 12.8. The first-order chi connectivity index (χ1) is 12.5. The zero-order valence-electron chi connectivity index (χ0n) is 17.2. The number of aliphatic hydroxyl groups excluding tert-OH is 1. The predicted octanol–water partition coefficient (Wildman–Crippen LogP) is 5.12. The third-order valence-electron chi connectivity index (χ3n) is 4.70. The predicted molar refractivity (Wildman–Crippen MR) is 113 cm³/mol. The molecule has 0 aliphatic carbocycles. The molecule has 0 amide bonds. The highest BCUT2D eigenvalue weighted by molar-refractivity contribution is 6.69. The lowest BCUT2D eigenvalue weighted by atomic mass is 9.66. The van der Waals surface area contributed by atoms with E-state index in [1.54, 1.807) is 0 Å². The molecule has 0 saturated heterocycles. The van der Waals surface area contributed by atoms with E-state index in [9.17, 15) is 10.4 Å². The molecule has 0 heterocycles. The summed E-state index contributed by atoms with van der Waals surface area (Å²) in [5.41, 5.74) is 0.0186. The largest absolute Gasteiger partial charge is 0.411 e. The second kappa shape index (κ2) is 7.98. The highest BCUT2D eigenvalue weighted by Crippen LogP contribution is 2.41. The molecule has 2 aromatic rings. The number of rotatable bonds is 6. The standard InChI is InChI=1S/C23H31NO2Si/c1-22(2,3)21(26-27(4,5)6)20(25)23(17-24,18-13-9-7-10-14-18)19-15-11-8-12-16-19/h7-16,20-21,25H,1-6H3/t20-,21-/m1/s1. The minimum Gasteiger partial charge on any atom is -0.411 e. The summed E-state index contributed by atoms with van der Waals surface area (Å²) in [4.78, 5) is 0. The van der Waals surface area contributed by atoms with Gasteiger partial charge in [0.25, 0.3) is 0 Å². The van der Waals surface area contributed by atoms with Crippen molar-refractivity contribution in [3.05, 3.63) is 71.8 Å². The van der Waals surface area contributed by atoms with E-state index in [-0.39, 0.29) is 5.41 Å².